The number of rotatable bonds is 3. The summed E-state index contributed by atoms with van der Waals surface area (Å²) < 4.78 is 4.70. The van der Waals surface area contributed by atoms with Crippen molar-refractivity contribution in [3.05, 3.63) is 29.3 Å². The molecule has 1 heterocycles. The van der Waals surface area contributed by atoms with E-state index in [4.69, 9.17) is 4.74 Å². The summed E-state index contributed by atoms with van der Waals surface area (Å²) in [6.07, 6.45) is 1.93. The Morgan fingerprint density at radius 1 is 1.38 bits per heavy atom. The van der Waals surface area contributed by atoms with Gasteiger partial charge in [-0.15, -0.1) is 0 Å². The smallest absolute Gasteiger partial charge is 0.337 e. The Bertz CT molecular complexity index is 542. The molecule has 0 spiro atoms. The molecule has 2 unspecified atom stereocenters. The Hall–Kier alpha value is -1.88. The molecule has 0 aliphatic carbocycles. The van der Waals surface area contributed by atoms with Gasteiger partial charge in [-0.1, -0.05) is 13.0 Å². The second kappa shape index (κ2) is 6.72. The van der Waals surface area contributed by atoms with Crippen molar-refractivity contribution in [1.29, 1.82) is 0 Å². The molecule has 114 valence electrons. The molecule has 1 saturated heterocycles. The summed E-state index contributed by atoms with van der Waals surface area (Å²) in [4.78, 5) is 23.9. The average Bonchev–Trinajstić information content (AvgIpc) is 2.48. The summed E-state index contributed by atoms with van der Waals surface area (Å²) in [6, 6.07) is 4.98. The van der Waals surface area contributed by atoms with E-state index in [-0.39, 0.29) is 11.9 Å². The maximum absolute atomic E-state index is 12.3. The lowest BCUT2D eigenvalue weighted by atomic mass is 9.94. The van der Waals surface area contributed by atoms with Crippen LogP contribution in [0.5, 0.6) is 0 Å². The number of esters is 1. The normalized spacial score (nSPS) is 21.7. The molecule has 5 heteroatoms. The lowest BCUT2D eigenvalue weighted by Crippen LogP contribution is -2.45. The highest BCUT2D eigenvalue weighted by molar-refractivity contribution is 5.97. The van der Waals surface area contributed by atoms with Gasteiger partial charge in [0, 0.05) is 5.69 Å². The predicted molar refractivity (Wildman–Crippen MR) is 81.3 cm³/mol. The fraction of sp³-hybridized carbons (Fsp3) is 0.500. The van der Waals surface area contributed by atoms with Gasteiger partial charge >= 0.3 is 5.97 Å². The monoisotopic (exact) mass is 290 g/mol. The van der Waals surface area contributed by atoms with Gasteiger partial charge in [0.05, 0.1) is 18.7 Å². The highest BCUT2D eigenvalue weighted by Gasteiger charge is 2.25. The summed E-state index contributed by atoms with van der Waals surface area (Å²) in [5.74, 6) is 0.0890. The zero-order chi connectivity index (χ0) is 15.4. The number of aryl methyl sites for hydroxylation is 1. The number of amides is 1. The molecule has 1 aromatic carbocycles. The van der Waals surface area contributed by atoms with Crippen molar-refractivity contribution in [1.82, 2.24) is 5.32 Å². The first-order chi connectivity index (χ1) is 10.0. The van der Waals surface area contributed by atoms with Crippen LogP contribution in [0, 0.1) is 12.8 Å². The Balaban J connectivity index is 2.11. The number of methoxy groups -OCH3 is 1. The number of anilines is 1. The number of nitrogens with one attached hydrogen (secondary N) is 2. The van der Waals surface area contributed by atoms with Gasteiger partial charge in [-0.2, -0.15) is 0 Å². The fourth-order valence-corrected chi connectivity index (χ4v) is 2.53. The van der Waals surface area contributed by atoms with Gasteiger partial charge in [-0.3, -0.25) is 4.79 Å². The third-order valence-corrected chi connectivity index (χ3v) is 3.90. The first kappa shape index (κ1) is 15.5. The maximum atomic E-state index is 12.3. The van der Waals surface area contributed by atoms with Crippen molar-refractivity contribution in [2.45, 2.75) is 32.7 Å². The van der Waals surface area contributed by atoms with E-state index >= 15 is 0 Å². The van der Waals surface area contributed by atoms with E-state index in [0.717, 1.165) is 24.9 Å². The fourth-order valence-electron chi connectivity index (χ4n) is 2.53. The minimum atomic E-state index is -0.407. The molecule has 1 fully saturated rings. The van der Waals surface area contributed by atoms with Gasteiger partial charge < -0.3 is 15.4 Å². The summed E-state index contributed by atoms with van der Waals surface area (Å²) in [7, 11) is 1.34. The Labute approximate surface area is 125 Å². The topological polar surface area (TPSA) is 67.4 Å². The molecule has 21 heavy (non-hydrogen) atoms. The van der Waals surface area contributed by atoms with Crippen LogP contribution in [0.15, 0.2) is 18.2 Å². The van der Waals surface area contributed by atoms with Gasteiger partial charge in [0.15, 0.2) is 0 Å². The number of piperidine rings is 1. The van der Waals surface area contributed by atoms with Crippen molar-refractivity contribution in [3.63, 3.8) is 0 Å². The molecule has 2 atom stereocenters. The van der Waals surface area contributed by atoms with Gasteiger partial charge in [0.2, 0.25) is 5.91 Å². The first-order valence-corrected chi connectivity index (χ1v) is 7.24. The standard InChI is InChI=1S/C16H22N2O3/c1-10-6-7-17-14(8-10)15(19)18-13-9-12(16(20)21-3)5-4-11(13)2/h4-5,9-10,14,17H,6-8H2,1-3H3,(H,18,19). The van der Waals surface area contributed by atoms with E-state index in [0.29, 0.717) is 17.2 Å². The van der Waals surface area contributed by atoms with Gasteiger partial charge in [0.1, 0.15) is 0 Å². The third kappa shape index (κ3) is 3.82. The number of carbonyl (C=O) groups excluding carboxylic acids is 2. The van der Waals surface area contributed by atoms with Crippen molar-refractivity contribution < 1.29 is 14.3 Å². The number of benzene rings is 1. The molecule has 1 aliphatic heterocycles. The SMILES string of the molecule is COC(=O)c1ccc(C)c(NC(=O)C2CC(C)CCN2)c1. The maximum Gasteiger partial charge on any atom is 0.337 e. The van der Waals surface area contributed by atoms with Gasteiger partial charge in [0.25, 0.3) is 0 Å². The molecule has 2 N–H and O–H groups in total. The molecule has 1 amide bonds. The highest BCUT2D eigenvalue weighted by atomic mass is 16.5. The van der Waals surface area contributed by atoms with Crippen LogP contribution in [0.4, 0.5) is 5.69 Å². The Morgan fingerprint density at radius 3 is 2.81 bits per heavy atom. The predicted octanol–water partition coefficient (Wildman–Crippen LogP) is 2.11. The Kier molecular flexibility index (Phi) is 4.96. The van der Waals surface area contributed by atoms with E-state index in [9.17, 15) is 9.59 Å². The van der Waals surface area contributed by atoms with Crippen LogP contribution < -0.4 is 10.6 Å². The molecule has 1 aliphatic rings. The summed E-state index contributed by atoms with van der Waals surface area (Å²) in [6.45, 7) is 4.91. The van der Waals surface area contributed by atoms with Gasteiger partial charge in [-0.25, -0.2) is 4.79 Å². The lowest BCUT2D eigenvalue weighted by Gasteiger charge is -2.27. The second-order valence-corrected chi connectivity index (χ2v) is 5.65. The van der Waals surface area contributed by atoms with Crippen molar-refractivity contribution in [2.24, 2.45) is 5.92 Å². The zero-order valence-electron chi connectivity index (χ0n) is 12.7. The molecule has 1 aromatic rings. The van der Waals surface area contributed by atoms with Crippen molar-refractivity contribution in [2.75, 3.05) is 19.0 Å². The molecular formula is C16H22N2O3. The molecule has 0 aromatic heterocycles. The molecular weight excluding hydrogens is 268 g/mol. The quantitative estimate of drug-likeness (QED) is 0.837. The van der Waals surface area contributed by atoms with Crippen LogP contribution in [0.25, 0.3) is 0 Å². The number of hydrogen-bond acceptors (Lipinski definition) is 4. The minimum absolute atomic E-state index is 0.0494. The highest BCUT2D eigenvalue weighted by Crippen LogP contribution is 2.20. The number of carbonyl (C=O) groups is 2. The van der Waals surface area contributed by atoms with Crippen molar-refractivity contribution in [3.8, 4) is 0 Å². The lowest BCUT2D eigenvalue weighted by molar-refractivity contribution is -0.119. The summed E-state index contributed by atoms with van der Waals surface area (Å²) in [5.41, 5.74) is 2.01. The van der Waals surface area contributed by atoms with Crippen LogP contribution in [-0.2, 0) is 9.53 Å². The van der Waals surface area contributed by atoms with E-state index in [1.807, 2.05) is 6.92 Å². The summed E-state index contributed by atoms with van der Waals surface area (Å²) in [5, 5.41) is 6.14. The summed E-state index contributed by atoms with van der Waals surface area (Å²) >= 11 is 0. The first-order valence-electron chi connectivity index (χ1n) is 7.24. The molecule has 0 bridgehead atoms. The second-order valence-electron chi connectivity index (χ2n) is 5.65. The minimum Gasteiger partial charge on any atom is -0.465 e. The van der Waals surface area contributed by atoms with Crippen molar-refractivity contribution >= 4 is 17.6 Å². The van der Waals surface area contributed by atoms with Crippen LogP contribution in [0.3, 0.4) is 0 Å². The van der Waals surface area contributed by atoms with Crippen LogP contribution >= 0.6 is 0 Å². The largest absolute Gasteiger partial charge is 0.465 e. The average molecular weight is 290 g/mol. The number of ether oxygens (including phenoxy) is 1. The van der Waals surface area contributed by atoms with Crippen LogP contribution in [-0.4, -0.2) is 31.6 Å². The molecule has 5 nitrogen and oxygen atoms in total. The third-order valence-electron chi connectivity index (χ3n) is 3.90. The van der Waals surface area contributed by atoms with E-state index < -0.39 is 5.97 Å². The van der Waals surface area contributed by atoms with Crippen LogP contribution in [0.1, 0.15) is 35.7 Å². The number of hydrogen-bond donors (Lipinski definition) is 2. The Morgan fingerprint density at radius 2 is 2.14 bits per heavy atom. The van der Waals surface area contributed by atoms with E-state index in [1.54, 1.807) is 18.2 Å². The molecule has 0 radical (unpaired) electrons. The van der Waals surface area contributed by atoms with E-state index in [2.05, 4.69) is 17.6 Å². The molecule has 2 rings (SSSR count). The van der Waals surface area contributed by atoms with Gasteiger partial charge in [-0.05, 0) is 49.9 Å². The van der Waals surface area contributed by atoms with E-state index in [1.165, 1.54) is 7.11 Å². The van der Waals surface area contributed by atoms with Crippen LogP contribution in [0.2, 0.25) is 0 Å². The zero-order valence-corrected chi connectivity index (χ0v) is 12.7. The molecule has 0 saturated carbocycles.